The fourth-order valence-electron chi connectivity index (χ4n) is 2.20. The van der Waals surface area contributed by atoms with Crippen LogP contribution in [0.5, 0.6) is 0 Å². The van der Waals surface area contributed by atoms with Gasteiger partial charge in [0.15, 0.2) is 17.3 Å². The van der Waals surface area contributed by atoms with Gasteiger partial charge in [0.1, 0.15) is 0 Å². The molecule has 0 aliphatic heterocycles. The maximum atomic E-state index is 10.7. The second-order valence-electron chi connectivity index (χ2n) is 5.06. The van der Waals surface area contributed by atoms with Gasteiger partial charge in [0.2, 0.25) is 0 Å². The third-order valence-electron chi connectivity index (χ3n) is 3.30. The Bertz CT molecular complexity index is 790. The van der Waals surface area contributed by atoms with Crippen molar-refractivity contribution < 1.29 is 47.3 Å². The van der Waals surface area contributed by atoms with Gasteiger partial charge in [0.25, 0.3) is 0 Å². The van der Waals surface area contributed by atoms with E-state index in [9.17, 15) is 13.2 Å². The molecule has 0 spiro atoms. The highest BCUT2D eigenvalue weighted by Crippen LogP contribution is 2.21. The summed E-state index contributed by atoms with van der Waals surface area (Å²) in [5, 5.41) is 0. The summed E-state index contributed by atoms with van der Waals surface area (Å²) in [6.07, 6.45) is 3.93. The third-order valence-corrected chi connectivity index (χ3v) is 6.50. The summed E-state index contributed by atoms with van der Waals surface area (Å²) >= 11 is 0.0208. The normalized spacial score (nSPS) is 13.8. The molecule has 0 saturated heterocycles. The van der Waals surface area contributed by atoms with Gasteiger partial charge in [-0.1, -0.05) is 24.3 Å². The fourth-order valence-corrected chi connectivity index (χ4v) is 4.59. The van der Waals surface area contributed by atoms with Crippen molar-refractivity contribution in [3.8, 4) is 0 Å². The minimum absolute atomic E-state index is 0.0208. The van der Waals surface area contributed by atoms with E-state index in [4.69, 9.17) is 13.0 Å². The molecule has 0 fully saturated rings. The summed E-state index contributed by atoms with van der Waals surface area (Å²) in [4.78, 5) is 0. The molecule has 0 saturated carbocycles. The van der Waals surface area contributed by atoms with E-state index in [1.54, 1.807) is 14.7 Å². The predicted octanol–water partition coefficient (Wildman–Crippen LogP) is 0.355. The molecule has 3 nitrogen and oxygen atoms in total. The molecule has 8 heteroatoms. The van der Waals surface area contributed by atoms with E-state index in [2.05, 4.69) is 48.5 Å². The lowest BCUT2D eigenvalue weighted by molar-refractivity contribution is -0.597. The van der Waals surface area contributed by atoms with Crippen molar-refractivity contribution in [2.75, 3.05) is 0 Å². The molecule has 130 valence electrons. The molecule has 1 aliphatic rings. The van der Waals surface area contributed by atoms with Crippen LogP contribution in [0.3, 0.4) is 0 Å². The molecular weight excluding hydrogens is 456 g/mol. The number of benzene rings is 2. The summed E-state index contributed by atoms with van der Waals surface area (Å²) in [6, 6.07) is 18.0. The summed E-state index contributed by atoms with van der Waals surface area (Å²) in [5.41, 5.74) is -2.46. The second-order valence-corrected chi connectivity index (χ2v) is 9.46. The molecule has 0 atom stereocenters. The molecule has 1 aliphatic carbocycles. The van der Waals surface area contributed by atoms with Crippen LogP contribution in [0.2, 0.25) is 0 Å². The van der Waals surface area contributed by atoms with Gasteiger partial charge >= 0.3 is 26.7 Å². The van der Waals surface area contributed by atoms with Gasteiger partial charge < -0.3 is 4.55 Å². The first-order valence-electron chi connectivity index (χ1n) is 7.00. The van der Waals surface area contributed by atoms with Gasteiger partial charge in [0.05, 0.1) is 0 Å². The zero-order valence-electron chi connectivity index (χ0n) is 12.4. The number of fused-ring (bicyclic) bond motifs is 1. The molecular formula is C16H14F3IO3S. The third kappa shape index (κ3) is 5.45. The van der Waals surface area contributed by atoms with Crippen LogP contribution in [0.25, 0.3) is 0 Å². The maximum Gasteiger partial charge on any atom is 0.485 e. The lowest BCUT2D eigenvalue weighted by atomic mass is 10.1. The van der Waals surface area contributed by atoms with Crippen molar-refractivity contribution in [2.24, 2.45) is 0 Å². The Morgan fingerprint density at radius 2 is 1.50 bits per heavy atom. The molecule has 0 heterocycles. The summed E-state index contributed by atoms with van der Waals surface area (Å²) < 4.78 is 62.0. The van der Waals surface area contributed by atoms with E-state index < -0.39 is 15.6 Å². The minimum atomic E-state index is -6.09. The van der Waals surface area contributed by atoms with E-state index in [-0.39, 0.29) is 21.2 Å². The van der Waals surface area contributed by atoms with Crippen LogP contribution in [0, 0.1) is 7.14 Å². The van der Waals surface area contributed by atoms with Crippen molar-refractivity contribution in [3.05, 3.63) is 66.8 Å². The maximum absolute atomic E-state index is 10.7. The van der Waals surface area contributed by atoms with Gasteiger partial charge in [-0.25, -0.2) is 8.42 Å². The summed E-state index contributed by atoms with van der Waals surface area (Å²) in [7, 11) is -6.09. The number of alkyl halides is 3. The van der Waals surface area contributed by atoms with Gasteiger partial charge in [-0.2, -0.15) is 13.2 Å². The van der Waals surface area contributed by atoms with Crippen LogP contribution < -0.4 is 21.2 Å². The van der Waals surface area contributed by atoms with Gasteiger partial charge in [-0.3, -0.25) is 0 Å². The Morgan fingerprint density at radius 3 is 2.08 bits per heavy atom. The van der Waals surface area contributed by atoms with Crippen molar-refractivity contribution >= 4 is 10.1 Å². The Labute approximate surface area is 148 Å². The number of rotatable bonds is 2. The molecule has 0 aromatic heterocycles. The van der Waals surface area contributed by atoms with Crippen LogP contribution in [0.1, 0.15) is 17.5 Å². The first-order valence-corrected chi connectivity index (χ1v) is 10.6. The molecule has 0 bridgehead atoms. The van der Waals surface area contributed by atoms with E-state index in [0.717, 1.165) is 0 Å². The van der Waals surface area contributed by atoms with Crippen molar-refractivity contribution in [1.29, 1.82) is 0 Å². The Morgan fingerprint density at radius 1 is 0.917 bits per heavy atom. The van der Waals surface area contributed by atoms with Gasteiger partial charge in [0, 0.05) is 0 Å². The lowest BCUT2D eigenvalue weighted by Crippen LogP contribution is -3.61. The zero-order chi connectivity index (χ0) is 17.8. The summed E-state index contributed by atoms with van der Waals surface area (Å²) in [6.45, 7) is 0. The first kappa shape index (κ1) is 19.2. The number of aryl methyl sites for hydroxylation is 2. The van der Waals surface area contributed by atoms with Crippen LogP contribution in [0.15, 0.2) is 48.5 Å². The zero-order valence-corrected chi connectivity index (χ0v) is 15.4. The highest BCUT2D eigenvalue weighted by molar-refractivity contribution is 7.86. The lowest BCUT2D eigenvalue weighted by Gasteiger charge is -2.08. The minimum Gasteiger partial charge on any atom is -0.741 e. The molecule has 2 aromatic rings. The van der Waals surface area contributed by atoms with Crippen molar-refractivity contribution in [2.45, 2.75) is 24.8 Å². The second kappa shape index (κ2) is 7.83. The quantitative estimate of drug-likeness (QED) is 0.362. The Balaban J connectivity index is 0.000000224. The fraction of sp³-hybridized carbons (Fsp3) is 0.250. The number of halogens is 4. The molecule has 2 aromatic carbocycles. The largest absolute Gasteiger partial charge is 0.741 e. The van der Waals surface area contributed by atoms with E-state index in [0.29, 0.717) is 0 Å². The van der Waals surface area contributed by atoms with E-state index >= 15 is 0 Å². The molecule has 3 rings (SSSR count). The number of hydrogen-bond acceptors (Lipinski definition) is 3. The SMILES string of the molecule is O=S(=O)([O-])C(F)(F)F.c1ccc([I+]c2ccc3c(c2)CCC3)cc1. The smallest absolute Gasteiger partial charge is 0.485 e. The number of hydrogen-bond donors (Lipinski definition) is 0. The first-order chi connectivity index (χ1) is 11.2. The molecule has 0 unspecified atom stereocenters. The van der Waals surface area contributed by atoms with Crippen LogP contribution >= 0.6 is 0 Å². The Kier molecular flexibility index (Phi) is 6.27. The molecule has 0 amide bonds. The average molecular weight is 470 g/mol. The molecule has 24 heavy (non-hydrogen) atoms. The van der Waals surface area contributed by atoms with Crippen LogP contribution in [-0.2, 0) is 23.0 Å². The van der Waals surface area contributed by atoms with E-state index in [1.165, 1.54) is 22.8 Å². The van der Waals surface area contributed by atoms with Crippen LogP contribution in [-0.4, -0.2) is 18.5 Å². The van der Waals surface area contributed by atoms with Crippen LogP contribution in [0.4, 0.5) is 13.2 Å². The standard InChI is InChI=1S/C15H14I.CHF3O3S/c1-2-7-14(8-3-1)16-15-10-9-12-5-4-6-13(12)11-15;2-1(3,4)8(5,6)7/h1-3,7-11H,4-6H2;(H,5,6,7)/q+1;/p-1. The highest BCUT2D eigenvalue weighted by atomic mass is 127. The van der Waals surface area contributed by atoms with Crippen molar-refractivity contribution in [1.82, 2.24) is 0 Å². The molecule has 0 N–H and O–H groups in total. The predicted molar refractivity (Wildman–Crippen MR) is 78.1 cm³/mol. The monoisotopic (exact) mass is 470 g/mol. The van der Waals surface area contributed by atoms with Gasteiger partial charge in [-0.05, 0) is 54.7 Å². The van der Waals surface area contributed by atoms with Gasteiger partial charge in [-0.15, -0.1) is 0 Å². The summed E-state index contributed by atoms with van der Waals surface area (Å²) in [5.74, 6) is 0. The topological polar surface area (TPSA) is 57.2 Å². The molecule has 0 radical (unpaired) electrons. The Hall–Kier alpha value is -1.13. The average Bonchev–Trinajstić information content (AvgIpc) is 2.94. The van der Waals surface area contributed by atoms with Crippen molar-refractivity contribution in [3.63, 3.8) is 0 Å². The van der Waals surface area contributed by atoms with E-state index in [1.807, 2.05) is 0 Å². The highest BCUT2D eigenvalue weighted by Gasteiger charge is 2.36.